The van der Waals surface area contributed by atoms with Crippen molar-refractivity contribution >= 4 is 12.1 Å². The molecule has 1 unspecified atom stereocenters. The van der Waals surface area contributed by atoms with Gasteiger partial charge in [-0.2, -0.15) is 0 Å². The Hall–Kier alpha value is -1.50. The van der Waals surface area contributed by atoms with Crippen LogP contribution in [0.2, 0.25) is 0 Å². The Morgan fingerprint density at radius 2 is 1.91 bits per heavy atom. The molecule has 136 valence electrons. The van der Waals surface area contributed by atoms with Gasteiger partial charge in [-0.05, 0) is 48.0 Å². The standard InChI is InChI=1S/C16H34N4O3/c1-12(2)20(15(21)23-16(4,5)6)10-8-9-18-14(17)19-13(3)11-22-7/h12-13H,8-11H2,1-7H3,(H3,17,18,19). The summed E-state index contributed by atoms with van der Waals surface area (Å²) in [7, 11) is 1.64. The zero-order valence-corrected chi connectivity index (χ0v) is 15.7. The summed E-state index contributed by atoms with van der Waals surface area (Å²) in [4.78, 5) is 18.1. The average molecular weight is 330 g/mol. The Morgan fingerprint density at radius 3 is 2.39 bits per heavy atom. The van der Waals surface area contributed by atoms with Gasteiger partial charge in [-0.1, -0.05) is 0 Å². The van der Waals surface area contributed by atoms with E-state index >= 15 is 0 Å². The number of aliphatic imine (C=N–C) groups is 1. The van der Waals surface area contributed by atoms with Crippen molar-refractivity contribution in [2.24, 2.45) is 10.7 Å². The SMILES string of the molecule is COCC(C)NC(N)=NCCCN(C(=O)OC(C)(C)C)C(C)C. The fourth-order valence-corrected chi connectivity index (χ4v) is 1.91. The summed E-state index contributed by atoms with van der Waals surface area (Å²) in [6, 6.07) is 0.184. The number of nitrogens with one attached hydrogen (secondary N) is 1. The maximum absolute atomic E-state index is 12.2. The van der Waals surface area contributed by atoms with E-state index in [0.717, 1.165) is 6.42 Å². The summed E-state index contributed by atoms with van der Waals surface area (Å²) < 4.78 is 10.4. The number of nitrogens with zero attached hydrogens (tertiary/aromatic N) is 2. The molecule has 0 spiro atoms. The number of hydrogen-bond donors (Lipinski definition) is 2. The molecule has 0 aromatic carbocycles. The van der Waals surface area contributed by atoms with E-state index in [-0.39, 0.29) is 18.2 Å². The van der Waals surface area contributed by atoms with E-state index in [9.17, 15) is 4.79 Å². The zero-order valence-electron chi connectivity index (χ0n) is 15.7. The lowest BCUT2D eigenvalue weighted by atomic mass is 10.2. The van der Waals surface area contributed by atoms with E-state index in [2.05, 4.69) is 10.3 Å². The second kappa shape index (κ2) is 10.3. The molecule has 0 aromatic heterocycles. The molecule has 0 saturated carbocycles. The van der Waals surface area contributed by atoms with E-state index in [1.54, 1.807) is 12.0 Å². The third-order valence-corrected chi connectivity index (χ3v) is 2.90. The van der Waals surface area contributed by atoms with Crippen LogP contribution in [0.4, 0.5) is 4.79 Å². The molecule has 1 atom stereocenters. The Bertz CT molecular complexity index is 378. The van der Waals surface area contributed by atoms with E-state index in [4.69, 9.17) is 15.2 Å². The van der Waals surface area contributed by atoms with Crippen molar-refractivity contribution < 1.29 is 14.3 Å². The molecule has 7 heteroatoms. The molecule has 0 fully saturated rings. The number of guanidine groups is 1. The molecule has 0 aliphatic rings. The fraction of sp³-hybridized carbons (Fsp3) is 0.875. The van der Waals surface area contributed by atoms with E-state index < -0.39 is 5.60 Å². The number of ether oxygens (including phenoxy) is 2. The van der Waals surface area contributed by atoms with Crippen molar-refractivity contribution in [2.45, 2.75) is 65.6 Å². The van der Waals surface area contributed by atoms with Crippen LogP contribution in [0, 0.1) is 0 Å². The van der Waals surface area contributed by atoms with Gasteiger partial charge in [0, 0.05) is 32.3 Å². The monoisotopic (exact) mass is 330 g/mol. The molecule has 0 aromatic rings. The molecule has 0 saturated heterocycles. The van der Waals surface area contributed by atoms with Gasteiger partial charge in [0.05, 0.1) is 6.61 Å². The summed E-state index contributed by atoms with van der Waals surface area (Å²) in [5.74, 6) is 0.392. The molecule has 0 aliphatic carbocycles. The number of nitrogens with two attached hydrogens (primary N) is 1. The van der Waals surface area contributed by atoms with Crippen LogP contribution < -0.4 is 11.1 Å². The molecule has 0 bridgehead atoms. The van der Waals surface area contributed by atoms with Crippen LogP contribution in [0.25, 0.3) is 0 Å². The van der Waals surface area contributed by atoms with Crippen LogP contribution in [0.15, 0.2) is 4.99 Å². The molecule has 3 N–H and O–H groups in total. The first kappa shape index (κ1) is 21.5. The minimum Gasteiger partial charge on any atom is -0.444 e. The number of carbonyl (C=O) groups is 1. The highest BCUT2D eigenvalue weighted by Gasteiger charge is 2.23. The quantitative estimate of drug-likeness (QED) is 0.403. The largest absolute Gasteiger partial charge is 0.444 e. The van der Waals surface area contributed by atoms with Gasteiger partial charge >= 0.3 is 6.09 Å². The molecular weight excluding hydrogens is 296 g/mol. The third kappa shape index (κ3) is 10.8. The van der Waals surface area contributed by atoms with Gasteiger partial charge in [0.25, 0.3) is 0 Å². The van der Waals surface area contributed by atoms with Crippen molar-refractivity contribution in [3.05, 3.63) is 0 Å². The highest BCUT2D eigenvalue weighted by molar-refractivity contribution is 5.78. The smallest absolute Gasteiger partial charge is 0.410 e. The summed E-state index contributed by atoms with van der Waals surface area (Å²) in [5.41, 5.74) is 5.31. The third-order valence-electron chi connectivity index (χ3n) is 2.90. The predicted octanol–water partition coefficient (Wildman–Crippen LogP) is 1.96. The lowest BCUT2D eigenvalue weighted by Gasteiger charge is -2.30. The van der Waals surface area contributed by atoms with Crippen LogP contribution >= 0.6 is 0 Å². The Kier molecular flexibility index (Phi) is 9.64. The highest BCUT2D eigenvalue weighted by Crippen LogP contribution is 2.12. The van der Waals surface area contributed by atoms with Crippen molar-refractivity contribution in [1.82, 2.24) is 10.2 Å². The highest BCUT2D eigenvalue weighted by atomic mass is 16.6. The van der Waals surface area contributed by atoms with Crippen LogP contribution in [0.3, 0.4) is 0 Å². The van der Waals surface area contributed by atoms with Crippen molar-refractivity contribution in [3.8, 4) is 0 Å². The normalized spacial score (nSPS) is 13.8. The molecule has 0 aliphatic heterocycles. The van der Waals surface area contributed by atoms with E-state index in [0.29, 0.717) is 25.7 Å². The molecule has 0 rings (SSSR count). The maximum Gasteiger partial charge on any atom is 0.410 e. The number of rotatable bonds is 8. The van der Waals surface area contributed by atoms with Gasteiger partial charge in [0.15, 0.2) is 5.96 Å². The van der Waals surface area contributed by atoms with Crippen LogP contribution in [-0.2, 0) is 9.47 Å². The van der Waals surface area contributed by atoms with Gasteiger partial charge in [0.1, 0.15) is 5.60 Å². The molecule has 7 nitrogen and oxygen atoms in total. The Labute approximate surface area is 140 Å². The van der Waals surface area contributed by atoms with Gasteiger partial charge < -0.3 is 25.4 Å². The lowest BCUT2D eigenvalue weighted by Crippen LogP contribution is -2.42. The lowest BCUT2D eigenvalue weighted by molar-refractivity contribution is 0.0190. The van der Waals surface area contributed by atoms with Crippen LogP contribution in [0.1, 0.15) is 48.0 Å². The Balaban J connectivity index is 4.31. The van der Waals surface area contributed by atoms with Gasteiger partial charge in [-0.25, -0.2) is 4.79 Å². The summed E-state index contributed by atoms with van der Waals surface area (Å²) in [6.07, 6.45) is 0.426. The summed E-state index contributed by atoms with van der Waals surface area (Å²) in [5, 5.41) is 3.04. The molecule has 0 heterocycles. The maximum atomic E-state index is 12.2. The van der Waals surface area contributed by atoms with Crippen molar-refractivity contribution in [1.29, 1.82) is 0 Å². The minimum atomic E-state index is -0.492. The number of hydrogen-bond acceptors (Lipinski definition) is 4. The zero-order chi connectivity index (χ0) is 18.0. The number of methoxy groups -OCH3 is 1. The van der Waals surface area contributed by atoms with Crippen molar-refractivity contribution in [3.63, 3.8) is 0 Å². The Morgan fingerprint density at radius 1 is 1.30 bits per heavy atom. The van der Waals surface area contributed by atoms with Gasteiger partial charge in [0.2, 0.25) is 0 Å². The first-order valence-corrected chi connectivity index (χ1v) is 8.11. The second-order valence-corrected chi connectivity index (χ2v) is 6.89. The number of carbonyl (C=O) groups excluding carboxylic acids is 1. The first-order chi connectivity index (χ1) is 10.6. The van der Waals surface area contributed by atoms with Crippen LogP contribution in [-0.4, -0.2) is 61.4 Å². The fourth-order valence-electron chi connectivity index (χ4n) is 1.91. The molecule has 1 amide bonds. The molecule has 0 radical (unpaired) electrons. The topological polar surface area (TPSA) is 89.2 Å². The summed E-state index contributed by atoms with van der Waals surface area (Å²) in [6.45, 7) is 13.2. The summed E-state index contributed by atoms with van der Waals surface area (Å²) >= 11 is 0. The van der Waals surface area contributed by atoms with Crippen LogP contribution in [0.5, 0.6) is 0 Å². The molecule has 23 heavy (non-hydrogen) atoms. The van der Waals surface area contributed by atoms with Gasteiger partial charge in [-0.3, -0.25) is 4.99 Å². The van der Waals surface area contributed by atoms with Crippen molar-refractivity contribution in [2.75, 3.05) is 26.8 Å². The van der Waals surface area contributed by atoms with E-state index in [1.165, 1.54) is 0 Å². The van der Waals surface area contributed by atoms with Gasteiger partial charge in [-0.15, -0.1) is 0 Å². The first-order valence-electron chi connectivity index (χ1n) is 8.11. The van der Waals surface area contributed by atoms with E-state index in [1.807, 2.05) is 41.5 Å². The predicted molar refractivity (Wildman–Crippen MR) is 93.7 cm³/mol. The molecular formula is C16H34N4O3. The minimum absolute atomic E-state index is 0.0750. The second-order valence-electron chi connectivity index (χ2n) is 6.89. The average Bonchev–Trinajstić information content (AvgIpc) is 2.35. The number of amides is 1.